The monoisotopic (exact) mass is 298 g/mol. The Kier molecular flexibility index (Phi) is 6.19. The highest BCUT2D eigenvalue weighted by atomic mass is 15.2. The van der Waals surface area contributed by atoms with Crippen molar-refractivity contribution < 1.29 is 0 Å². The zero-order valence-electron chi connectivity index (χ0n) is 13.8. The number of nitrogens with zero attached hydrogens (tertiary/aromatic N) is 3. The molecular weight excluding hydrogens is 272 g/mol. The summed E-state index contributed by atoms with van der Waals surface area (Å²) < 4.78 is 0. The molecule has 0 radical (unpaired) electrons. The molecule has 1 N–H and O–H groups in total. The second kappa shape index (κ2) is 8.37. The first-order valence-electron chi connectivity index (χ1n) is 8.11. The van der Waals surface area contributed by atoms with Crippen LogP contribution in [0.4, 0.5) is 11.8 Å². The molecule has 1 aromatic carbocycles. The Hall–Kier alpha value is -2.10. The standard InChI is InChI=1S/C18H26N4/c1-4-6-12-19-18-20-15(3)13-17(21-18)22(5-2)14-16-10-8-7-9-11-16/h7-11,13H,4-6,12,14H2,1-3H3,(H,19,20,21). The minimum Gasteiger partial charge on any atom is -0.354 e. The van der Waals surface area contributed by atoms with Crippen LogP contribution in [0.25, 0.3) is 0 Å². The Balaban J connectivity index is 2.14. The third-order valence-corrected chi connectivity index (χ3v) is 3.58. The van der Waals surface area contributed by atoms with Gasteiger partial charge in [-0.1, -0.05) is 43.7 Å². The van der Waals surface area contributed by atoms with E-state index in [0.29, 0.717) is 0 Å². The predicted octanol–water partition coefficient (Wildman–Crippen LogP) is 4.02. The number of rotatable bonds is 8. The summed E-state index contributed by atoms with van der Waals surface area (Å²) in [5.74, 6) is 1.72. The van der Waals surface area contributed by atoms with Crippen molar-refractivity contribution in [1.29, 1.82) is 0 Å². The zero-order valence-corrected chi connectivity index (χ0v) is 13.8. The van der Waals surface area contributed by atoms with Crippen molar-refractivity contribution >= 4 is 11.8 Å². The van der Waals surface area contributed by atoms with Crippen molar-refractivity contribution in [2.75, 3.05) is 23.3 Å². The summed E-state index contributed by atoms with van der Waals surface area (Å²) in [5.41, 5.74) is 2.29. The zero-order chi connectivity index (χ0) is 15.8. The SMILES string of the molecule is CCCCNc1nc(C)cc(N(CC)Cc2ccccc2)n1. The van der Waals surface area contributed by atoms with E-state index >= 15 is 0 Å². The van der Waals surface area contributed by atoms with Crippen LogP contribution in [-0.4, -0.2) is 23.1 Å². The smallest absolute Gasteiger partial charge is 0.224 e. The Morgan fingerprint density at radius 3 is 2.55 bits per heavy atom. The fraction of sp³-hybridized carbons (Fsp3) is 0.444. The first-order valence-corrected chi connectivity index (χ1v) is 8.11. The van der Waals surface area contributed by atoms with Crippen LogP contribution >= 0.6 is 0 Å². The van der Waals surface area contributed by atoms with E-state index < -0.39 is 0 Å². The number of hydrogen-bond donors (Lipinski definition) is 1. The molecule has 0 unspecified atom stereocenters. The Morgan fingerprint density at radius 2 is 1.86 bits per heavy atom. The highest BCUT2D eigenvalue weighted by Crippen LogP contribution is 2.17. The van der Waals surface area contributed by atoms with Crippen molar-refractivity contribution in [2.45, 2.75) is 40.2 Å². The van der Waals surface area contributed by atoms with Gasteiger partial charge in [-0.2, -0.15) is 4.98 Å². The number of benzene rings is 1. The van der Waals surface area contributed by atoms with Crippen LogP contribution < -0.4 is 10.2 Å². The molecular formula is C18H26N4. The molecule has 4 heteroatoms. The van der Waals surface area contributed by atoms with E-state index in [-0.39, 0.29) is 0 Å². The van der Waals surface area contributed by atoms with E-state index in [4.69, 9.17) is 0 Å². The third-order valence-electron chi connectivity index (χ3n) is 3.58. The molecule has 4 nitrogen and oxygen atoms in total. The van der Waals surface area contributed by atoms with Crippen molar-refractivity contribution in [3.05, 3.63) is 47.7 Å². The number of nitrogens with one attached hydrogen (secondary N) is 1. The maximum atomic E-state index is 4.68. The maximum Gasteiger partial charge on any atom is 0.224 e. The molecule has 0 atom stereocenters. The van der Waals surface area contributed by atoms with Gasteiger partial charge in [-0.25, -0.2) is 4.98 Å². The molecule has 0 saturated heterocycles. The number of aryl methyl sites for hydroxylation is 1. The topological polar surface area (TPSA) is 41.1 Å². The molecule has 0 fully saturated rings. The number of aromatic nitrogens is 2. The Labute approximate surface area is 133 Å². The van der Waals surface area contributed by atoms with Crippen molar-refractivity contribution in [3.63, 3.8) is 0 Å². The minimum atomic E-state index is 0.731. The summed E-state index contributed by atoms with van der Waals surface area (Å²) >= 11 is 0. The van der Waals surface area contributed by atoms with Crippen LogP contribution in [0, 0.1) is 6.92 Å². The van der Waals surface area contributed by atoms with E-state index in [1.165, 1.54) is 12.0 Å². The molecule has 0 amide bonds. The van der Waals surface area contributed by atoms with E-state index in [0.717, 1.165) is 43.5 Å². The molecule has 2 rings (SSSR count). The van der Waals surface area contributed by atoms with Gasteiger partial charge in [-0.15, -0.1) is 0 Å². The maximum absolute atomic E-state index is 4.68. The summed E-state index contributed by atoms with van der Waals surface area (Å²) in [4.78, 5) is 11.4. The summed E-state index contributed by atoms with van der Waals surface area (Å²) in [5, 5.41) is 3.32. The van der Waals surface area contributed by atoms with Gasteiger partial charge >= 0.3 is 0 Å². The normalized spacial score (nSPS) is 10.5. The van der Waals surface area contributed by atoms with Gasteiger partial charge in [0.2, 0.25) is 5.95 Å². The summed E-state index contributed by atoms with van der Waals surface area (Å²) in [6.45, 7) is 9.06. The van der Waals surface area contributed by atoms with Crippen LogP contribution in [0.3, 0.4) is 0 Å². The molecule has 1 aromatic heterocycles. The predicted molar refractivity (Wildman–Crippen MR) is 93.3 cm³/mol. The second-order valence-electron chi connectivity index (χ2n) is 5.47. The molecule has 1 heterocycles. The summed E-state index contributed by atoms with van der Waals surface area (Å²) in [6, 6.07) is 12.5. The molecule has 0 aliphatic rings. The second-order valence-corrected chi connectivity index (χ2v) is 5.47. The summed E-state index contributed by atoms with van der Waals surface area (Å²) in [7, 11) is 0. The van der Waals surface area contributed by atoms with Crippen molar-refractivity contribution in [3.8, 4) is 0 Å². The number of hydrogen-bond acceptors (Lipinski definition) is 4. The van der Waals surface area contributed by atoms with Crippen LogP contribution in [0.5, 0.6) is 0 Å². The van der Waals surface area contributed by atoms with Gasteiger partial charge < -0.3 is 10.2 Å². The van der Waals surface area contributed by atoms with Crippen LogP contribution in [0.2, 0.25) is 0 Å². The molecule has 2 aromatic rings. The van der Waals surface area contributed by atoms with Gasteiger partial charge in [-0.05, 0) is 25.8 Å². The molecule has 0 spiro atoms. The van der Waals surface area contributed by atoms with Crippen LogP contribution in [-0.2, 0) is 6.54 Å². The van der Waals surface area contributed by atoms with E-state index in [2.05, 4.69) is 64.4 Å². The average Bonchev–Trinajstić information content (AvgIpc) is 2.53. The van der Waals surface area contributed by atoms with E-state index in [9.17, 15) is 0 Å². The average molecular weight is 298 g/mol. The minimum absolute atomic E-state index is 0.731. The van der Waals surface area contributed by atoms with E-state index in [1.54, 1.807) is 0 Å². The molecule has 22 heavy (non-hydrogen) atoms. The third kappa shape index (κ3) is 4.72. The molecule has 0 aliphatic carbocycles. The lowest BCUT2D eigenvalue weighted by atomic mass is 10.2. The van der Waals surface area contributed by atoms with Crippen molar-refractivity contribution in [2.24, 2.45) is 0 Å². The lowest BCUT2D eigenvalue weighted by Crippen LogP contribution is -2.24. The molecule has 0 saturated carbocycles. The fourth-order valence-corrected chi connectivity index (χ4v) is 2.33. The van der Waals surface area contributed by atoms with Gasteiger partial charge in [0.25, 0.3) is 0 Å². The summed E-state index contributed by atoms with van der Waals surface area (Å²) in [6.07, 6.45) is 2.30. The number of anilines is 2. The highest BCUT2D eigenvalue weighted by molar-refractivity contribution is 5.45. The quantitative estimate of drug-likeness (QED) is 0.747. The largest absolute Gasteiger partial charge is 0.354 e. The molecule has 0 bridgehead atoms. The lowest BCUT2D eigenvalue weighted by Gasteiger charge is -2.23. The Bertz CT molecular complexity index is 569. The first kappa shape index (κ1) is 16.3. The van der Waals surface area contributed by atoms with Gasteiger partial charge in [0.15, 0.2) is 0 Å². The van der Waals surface area contributed by atoms with Crippen LogP contribution in [0.1, 0.15) is 37.9 Å². The van der Waals surface area contributed by atoms with Gasteiger partial charge in [-0.3, -0.25) is 0 Å². The van der Waals surface area contributed by atoms with Gasteiger partial charge in [0.05, 0.1) is 0 Å². The van der Waals surface area contributed by atoms with Crippen molar-refractivity contribution in [1.82, 2.24) is 9.97 Å². The van der Waals surface area contributed by atoms with Crippen LogP contribution in [0.15, 0.2) is 36.4 Å². The molecule has 0 aliphatic heterocycles. The Morgan fingerprint density at radius 1 is 1.09 bits per heavy atom. The highest BCUT2D eigenvalue weighted by Gasteiger charge is 2.09. The van der Waals surface area contributed by atoms with Gasteiger partial charge in [0, 0.05) is 31.4 Å². The fourth-order valence-electron chi connectivity index (χ4n) is 2.33. The van der Waals surface area contributed by atoms with E-state index in [1.807, 2.05) is 13.0 Å². The number of unbranched alkanes of at least 4 members (excludes halogenated alkanes) is 1. The lowest BCUT2D eigenvalue weighted by molar-refractivity contribution is 0.799. The van der Waals surface area contributed by atoms with Gasteiger partial charge in [0.1, 0.15) is 5.82 Å². The first-order chi connectivity index (χ1) is 10.7. The molecule has 118 valence electrons.